The fourth-order valence-corrected chi connectivity index (χ4v) is 2.74. The van der Waals surface area contributed by atoms with Gasteiger partial charge in [-0.15, -0.1) is 0 Å². The van der Waals surface area contributed by atoms with E-state index in [9.17, 15) is 0 Å². The molecule has 0 aliphatic heterocycles. The van der Waals surface area contributed by atoms with Gasteiger partial charge in [0, 0.05) is 0 Å². The average molecular weight is 272 g/mol. The lowest BCUT2D eigenvalue weighted by atomic mass is 9.84. The Bertz CT molecular complexity index is 304. The Balaban J connectivity index is 1.88. The third kappa shape index (κ3) is 3.08. The van der Waals surface area contributed by atoms with Crippen molar-refractivity contribution >= 4 is 15.9 Å². The highest BCUT2D eigenvalue weighted by Crippen LogP contribution is 2.31. The van der Waals surface area contributed by atoms with Gasteiger partial charge in [-0.1, -0.05) is 32.1 Å². The molecule has 1 heterocycles. The van der Waals surface area contributed by atoms with E-state index in [2.05, 4.69) is 15.9 Å². The first-order chi connectivity index (χ1) is 7.25. The maximum absolute atomic E-state index is 6.12. The first kappa shape index (κ1) is 11.2. The molecule has 2 N–H and O–H groups in total. The standard InChI is InChI=1S/C12H18BrNO/c13-12-7-6-11(15-12)10(14)8-9-4-2-1-3-5-9/h6-7,9-10H,1-5,8,14H2. The quantitative estimate of drug-likeness (QED) is 0.902. The van der Waals surface area contributed by atoms with Gasteiger partial charge in [0.05, 0.1) is 6.04 Å². The number of nitrogens with two attached hydrogens (primary N) is 1. The van der Waals surface area contributed by atoms with Crippen LogP contribution in [0.2, 0.25) is 0 Å². The van der Waals surface area contributed by atoms with E-state index in [1.54, 1.807) is 0 Å². The number of rotatable bonds is 3. The molecule has 3 heteroatoms. The lowest BCUT2D eigenvalue weighted by molar-refractivity contribution is 0.302. The van der Waals surface area contributed by atoms with E-state index < -0.39 is 0 Å². The molecule has 1 aliphatic rings. The summed E-state index contributed by atoms with van der Waals surface area (Å²) in [6.07, 6.45) is 7.90. The molecule has 0 spiro atoms. The van der Waals surface area contributed by atoms with Crippen LogP contribution in [0.4, 0.5) is 0 Å². The van der Waals surface area contributed by atoms with E-state index in [1.807, 2.05) is 12.1 Å². The first-order valence-electron chi connectivity index (χ1n) is 5.76. The molecule has 2 nitrogen and oxygen atoms in total. The predicted octanol–water partition coefficient (Wildman–Crippen LogP) is 4.01. The molecule has 0 radical (unpaired) electrons. The maximum atomic E-state index is 6.12. The summed E-state index contributed by atoms with van der Waals surface area (Å²) < 4.78 is 6.25. The van der Waals surface area contributed by atoms with Gasteiger partial charge >= 0.3 is 0 Å². The third-order valence-corrected chi connectivity index (χ3v) is 3.70. The Morgan fingerprint density at radius 1 is 1.33 bits per heavy atom. The highest BCUT2D eigenvalue weighted by Gasteiger charge is 2.19. The van der Waals surface area contributed by atoms with Crippen LogP contribution in [0, 0.1) is 5.92 Å². The molecule has 1 aromatic rings. The second kappa shape index (κ2) is 5.17. The Morgan fingerprint density at radius 2 is 2.07 bits per heavy atom. The first-order valence-corrected chi connectivity index (χ1v) is 6.56. The van der Waals surface area contributed by atoms with E-state index in [1.165, 1.54) is 32.1 Å². The van der Waals surface area contributed by atoms with Crippen LogP contribution in [0.1, 0.15) is 50.3 Å². The molecule has 1 saturated carbocycles. The van der Waals surface area contributed by atoms with Crippen LogP contribution in [0.3, 0.4) is 0 Å². The van der Waals surface area contributed by atoms with Crippen molar-refractivity contribution in [1.82, 2.24) is 0 Å². The summed E-state index contributed by atoms with van der Waals surface area (Å²) in [5, 5.41) is 0. The number of hydrogen-bond donors (Lipinski definition) is 1. The van der Waals surface area contributed by atoms with Crippen molar-refractivity contribution in [3.05, 3.63) is 22.6 Å². The van der Waals surface area contributed by atoms with Crippen LogP contribution in [-0.4, -0.2) is 0 Å². The molecule has 2 rings (SSSR count). The van der Waals surface area contributed by atoms with E-state index in [0.717, 1.165) is 22.8 Å². The number of halogens is 1. The fraction of sp³-hybridized carbons (Fsp3) is 0.667. The van der Waals surface area contributed by atoms with Gasteiger partial charge in [0.25, 0.3) is 0 Å². The Morgan fingerprint density at radius 3 is 2.67 bits per heavy atom. The molecule has 0 bridgehead atoms. The Hall–Kier alpha value is -0.280. The van der Waals surface area contributed by atoms with Crippen molar-refractivity contribution in [2.75, 3.05) is 0 Å². The van der Waals surface area contributed by atoms with Crippen LogP contribution >= 0.6 is 15.9 Å². The zero-order valence-electron chi connectivity index (χ0n) is 8.92. The van der Waals surface area contributed by atoms with Gasteiger partial charge in [-0.3, -0.25) is 0 Å². The molecular formula is C12H18BrNO. The van der Waals surface area contributed by atoms with Gasteiger partial charge in [-0.25, -0.2) is 0 Å². The smallest absolute Gasteiger partial charge is 0.169 e. The highest BCUT2D eigenvalue weighted by atomic mass is 79.9. The van der Waals surface area contributed by atoms with Crippen LogP contribution in [-0.2, 0) is 0 Å². The summed E-state index contributed by atoms with van der Waals surface area (Å²) in [6, 6.07) is 3.95. The van der Waals surface area contributed by atoms with Crippen LogP contribution in [0.25, 0.3) is 0 Å². The minimum Gasteiger partial charge on any atom is -0.453 e. The van der Waals surface area contributed by atoms with Gasteiger partial charge in [0.2, 0.25) is 0 Å². The minimum absolute atomic E-state index is 0.0689. The number of hydrogen-bond acceptors (Lipinski definition) is 2. The Labute approximate surface area is 99.3 Å². The van der Waals surface area contributed by atoms with Gasteiger partial charge in [0.15, 0.2) is 4.67 Å². The molecular weight excluding hydrogens is 254 g/mol. The largest absolute Gasteiger partial charge is 0.453 e. The summed E-state index contributed by atoms with van der Waals surface area (Å²) in [5.41, 5.74) is 6.12. The summed E-state index contributed by atoms with van der Waals surface area (Å²) in [7, 11) is 0. The summed E-state index contributed by atoms with van der Waals surface area (Å²) >= 11 is 3.30. The van der Waals surface area contributed by atoms with Gasteiger partial charge in [-0.2, -0.15) is 0 Å². The van der Waals surface area contributed by atoms with E-state index in [0.29, 0.717) is 0 Å². The molecule has 0 amide bonds. The molecule has 1 fully saturated rings. The van der Waals surface area contributed by atoms with Crippen molar-refractivity contribution in [2.45, 2.75) is 44.6 Å². The van der Waals surface area contributed by atoms with Crippen LogP contribution in [0.15, 0.2) is 21.2 Å². The lowest BCUT2D eigenvalue weighted by Crippen LogP contribution is -2.16. The normalized spacial score (nSPS) is 20.4. The molecule has 84 valence electrons. The fourth-order valence-electron chi connectivity index (χ4n) is 2.43. The van der Waals surface area contributed by atoms with Crippen LogP contribution in [0.5, 0.6) is 0 Å². The van der Waals surface area contributed by atoms with Gasteiger partial charge < -0.3 is 10.2 Å². The van der Waals surface area contributed by atoms with E-state index >= 15 is 0 Å². The average Bonchev–Trinajstić information content (AvgIpc) is 2.66. The maximum Gasteiger partial charge on any atom is 0.169 e. The molecule has 15 heavy (non-hydrogen) atoms. The molecule has 1 unspecified atom stereocenters. The minimum atomic E-state index is 0.0689. The second-order valence-electron chi connectivity index (χ2n) is 4.49. The zero-order valence-corrected chi connectivity index (χ0v) is 10.5. The third-order valence-electron chi connectivity index (χ3n) is 3.27. The molecule has 1 aromatic heterocycles. The summed E-state index contributed by atoms with van der Waals surface area (Å²) in [4.78, 5) is 0. The highest BCUT2D eigenvalue weighted by molar-refractivity contribution is 9.10. The van der Waals surface area contributed by atoms with Crippen molar-refractivity contribution in [3.8, 4) is 0 Å². The molecule has 0 aromatic carbocycles. The summed E-state index contributed by atoms with van der Waals surface area (Å²) in [5.74, 6) is 1.71. The van der Waals surface area contributed by atoms with Gasteiger partial charge in [-0.05, 0) is 40.4 Å². The van der Waals surface area contributed by atoms with Gasteiger partial charge in [0.1, 0.15) is 5.76 Å². The van der Waals surface area contributed by atoms with E-state index in [-0.39, 0.29) is 6.04 Å². The van der Waals surface area contributed by atoms with Crippen molar-refractivity contribution in [1.29, 1.82) is 0 Å². The van der Waals surface area contributed by atoms with Crippen molar-refractivity contribution < 1.29 is 4.42 Å². The van der Waals surface area contributed by atoms with E-state index in [4.69, 9.17) is 10.2 Å². The lowest BCUT2D eigenvalue weighted by Gasteiger charge is -2.23. The molecule has 1 atom stereocenters. The molecule has 0 saturated heterocycles. The summed E-state index contributed by atoms with van der Waals surface area (Å²) in [6.45, 7) is 0. The van der Waals surface area contributed by atoms with Crippen molar-refractivity contribution in [2.24, 2.45) is 11.7 Å². The van der Waals surface area contributed by atoms with Crippen molar-refractivity contribution in [3.63, 3.8) is 0 Å². The SMILES string of the molecule is NC(CC1CCCCC1)c1ccc(Br)o1. The Kier molecular flexibility index (Phi) is 3.87. The second-order valence-corrected chi connectivity index (χ2v) is 5.27. The number of furan rings is 1. The zero-order chi connectivity index (χ0) is 10.7. The van der Waals surface area contributed by atoms with Crippen LogP contribution < -0.4 is 5.73 Å². The topological polar surface area (TPSA) is 39.2 Å². The monoisotopic (exact) mass is 271 g/mol. The molecule has 1 aliphatic carbocycles. The predicted molar refractivity (Wildman–Crippen MR) is 64.5 cm³/mol.